The van der Waals surface area contributed by atoms with Crippen LogP contribution in [0.1, 0.15) is 11.5 Å². The lowest BCUT2D eigenvalue weighted by atomic mass is 10.4. The van der Waals surface area contributed by atoms with Gasteiger partial charge in [0.05, 0.1) is 11.4 Å². The monoisotopic (exact) mass is 339 g/mol. The van der Waals surface area contributed by atoms with Gasteiger partial charge in [-0.25, -0.2) is 4.98 Å². The molecule has 0 atom stereocenters. The number of rotatable bonds is 5. The van der Waals surface area contributed by atoms with E-state index in [2.05, 4.69) is 31.2 Å². The molecule has 0 aliphatic rings. The first-order valence-corrected chi connectivity index (χ1v) is 7.57. The molecule has 1 aromatic carbocycles. The zero-order chi connectivity index (χ0) is 13.7. The van der Waals surface area contributed by atoms with Gasteiger partial charge in [0, 0.05) is 22.0 Å². The molecule has 2 rings (SSSR count). The topological polar surface area (TPSA) is 57.8 Å². The molecule has 0 unspecified atom stereocenters. The normalized spacial score (nSPS) is 10.6. The molecule has 19 heavy (non-hydrogen) atoms. The van der Waals surface area contributed by atoms with Gasteiger partial charge in [0.1, 0.15) is 5.82 Å². The van der Waals surface area contributed by atoms with Gasteiger partial charge >= 0.3 is 0 Å². The van der Waals surface area contributed by atoms with Crippen molar-refractivity contribution in [3.8, 4) is 0 Å². The summed E-state index contributed by atoms with van der Waals surface area (Å²) in [6, 6.07) is 9.57. The fourth-order valence-corrected chi connectivity index (χ4v) is 2.62. The van der Waals surface area contributed by atoms with Crippen LogP contribution in [0, 0.1) is 0 Å². The summed E-state index contributed by atoms with van der Waals surface area (Å²) in [7, 11) is 1.83. The van der Waals surface area contributed by atoms with E-state index in [1.807, 2.05) is 31.3 Å². The maximum Gasteiger partial charge on any atom is 0.251 e. The molecule has 0 spiro atoms. The first-order valence-electron chi connectivity index (χ1n) is 5.79. The maximum atomic E-state index is 11.5. The van der Waals surface area contributed by atoms with Crippen LogP contribution in [0.5, 0.6) is 0 Å². The van der Waals surface area contributed by atoms with Crippen molar-refractivity contribution in [2.45, 2.75) is 17.2 Å². The zero-order valence-electron chi connectivity index (χ0n) is 10.4. The number of aromatic amines is 1. The van der Waals surface area contributed by atoms with Crippen LogP contribution in [-0.4, -0.2) is 17.0 Å². The highest BCUT2D eigenvalue weighted by molar-refractivity contribution is 9.10. The van der Waals surface area contributed by atoms with E-state index in [1.54, 1.807) is 11.8 Å². The van der Waals surface area contributed by atoms with Crippen molar-refractivity contribution in [3.05, 3.63) is 56.7 Å². The van der Waals surface area contributed by atoms with E-state index in [9.17, 15) is 4.79 Å². The molecular weight excluding hydrogens is 326 g/mol. The van der Waals surface area contributed by atoms with E-state index in [0.29, 0.717) is 18.1 Å². The number of hydrogen-bond donors (Lipinski definition) is 2. The molecule has 1 aromatic heterocycles. The fraction of sp³-hybridized carbons (Fsp3) is 0.231. The number of thioether (sulfide) groups is 1. The number of nitrogens with one attached hydrogen (secondary N) is 2. The smallest absolute Gasteiger partial charge is 0.251 e. The van der Waals surface area contributed by atoms with Crippen molar-refractivity contribution in [1.82, 2.24) is 15.3 Å². The second kappa shape index (κ2) is 6.88. The fourth-order valence-electron chi connectivity index (χ4n) is 1.59. The summed E-state index contributed by atoms with van der Waals surface area (Å²) in [5.74, 6) is 1.35. The Morgan fingerprint density at radius 3 is 2.79 bits per heavy atom. The van der Waals surface area contributed by atoms with Crippen LogP contribution >= 0.6 is 27.7 Å². The van der Waals surface area contributed by atoms with Gasteiger partial charge in [-0.15, -0.1) is 11.8 Å². The average Bonchev–Trinajstić information content (AvgIpc) is 2.38. The number of halogens is 1. The van der Waals surface area contributed by atoms with Crippen molar-refractivity contribution in [2.24, 2.45) is 0 Å². The lowest BCUT2D eigenvalue weighted by Gasteiger charge is -2.04. The van der Waals surface area contributed by atoms with Crippen molar-refractivity contribution < 1.29 is 0 Å². The van der Waals surface area contributed by atoms with Crippen LogP contribution in [0.2, 0.25) is 0 Å². The Labute approximate surface area is 124 Å². The summed E-state index contributed by atoms with van der Waals surface area (Å²) in [5.41, 5.74) is 0.657. The summed E-state index contributed by atoms with van der Waals surface area (Å²) < 4.78 is 1.05. The Bertz CT molecular complexity index is 598. The van der Waals surface area contributed by atoms with Crippen LogP contribution in [0.25, 0.3) is 0 Å². The maximum absolute atomic E-state index is 11.5. The highest BCUT2D eigenvalue weighted by Crippen LogP contribution is 2.22. The average molecular weight is 340 g/mol. The SMILES string of the molecule is CNCc1cc(=O)[nH]c(CSc2ccc(Br)cc2)n1. The summed E-state index contributed by atoms with van der Waals surface area (Å²) in [6.45, 7) is 0.597. The highest BCUT2D eigenvalue weighted by Gasteiger charge is 2.02. The summed E-state index contributed by atoms with van der Waals surface area (Å²) in [6.07, 6.45) is 0. The minimum atomic E-state index is -0.105. The highest BCUT2D eigenvalue weighted by atomic mass is 79.9. The van der Waals surface area contributed by atoms with Crippen molar-refractivity contribution in [3.63, 3.8) is 0 Å². The standard InChI is InChI=1S/C13H14BrN3OS/c1-15-7-10-6-13(18)17-12(16-10)8-19-11-4-2-9(14)3-5-11/h2-6,15H,7-8H2,1H3,(H,16,17,18). The molecule has 2 aromatic rings. The van der Waals surface area contributed by atoms with Crippen LogP contribution in [0.4, 0.5) is 0 Å². The van der Waals surface area contributed by atoms with E-state index in [4.69, 9.17) is 0 Å². The Morgan fingerprint density at radius 2 is 2.11 bits per heavy atom. The van der Waals surface area contributed by atoms with Crippen LogP contribution in [0.15, 0.2) is 44.5 Å². The quantitative estimate of drug-likeness (QED) is 0.822. The van der Waals surface area contributed by atoms with Crippen LogP contribution < -0.4 is 10.9 Å². The molecule has 2 N–H and O–H groups in total. The number of H-pyrrole nitrogens is 1. The second-order valence-electron chi connectivity index (χ2n) is 3.96. The molecule has 6 heteroatoms. The number of hydrogen-bond acceptors (Lipinski definition) is 4. The molecule has 0 saturated carbocycles. The molecular formula is C13H14BrN3OS. The van der Waals surface area contributed by atoms with Crippen LogP contribution in [0.3, 0.4) is 0 Å². The third kappa shape index (κ3) is 4.49. The van der Waals surface area contributed by atoms with Crippen molar-refractivity contribution in [2.75, 3.05) is 7.05 Å². The van der Waals surface area contributed by atoms with E-state index >= 15 is 0 Å². The predicted molar refractivity (Wildman–Crippen MR) is 81.3 cm³/mol. The summed E-state index contributed by atoms with van der Waals surface area (Å²) >= 11 is 5.05. The van der Waals surface area contributed by atoms with E-state index in [0.717, 1.165) is 15.1 Å². The molecule has 4 nitrogen and oxygen atoms in total. The van der Waals surface area contributed by atoms with E-state index in [1.165, 1.54) is 6.07 Å². The molecule has 100 valence electrons. The van der Waals surface area contributed by atoms with Gasteiger partial charge in [0.25, 0.3) is 5.56 Å². The minimum absolute atomic E-state index is 0.105. The second-order valence-corrected chi connectivity index (χ2v) is 5.92. The van der Waals surface area contributed by atoms with Gasteiger partial charge in [-0.05, 0) is 31.3 Å². The zero-order valence-corrected chi connectivity index (χ0v) is 12.8. The van der Waals surface area contributed by atoms with E-state index < -0.39 is 0 Å². The largest absolute Gasteiger partial charge is 0.314 e. The van der Waals surface area contributed by atoms with E-state index in [-0.39, 0.29) is 5.56 Å². The number of benzene rings is 1. The van der Waals surface area contributed by atoms with Crippen LogP contribution in [-0.2, 0) is 12.3 Å². The molecule has 0 amide bonds. The van der Waals surface area contributed by atoms with Gasteiger partial charge in [-0.2, -0.15) is 0 Å². The lowest BCUT2D eigenvalue weighted by molar-refractivity contribution is 0.773. The van der Waals surface area contributed by atoms with Gasteiger partial charge in [-0.1, -0.05) is 15.9 Å². The summed E-state index contributed by atoms with van der Waals surface area (Å²) in [5, 5.41) is 2.99. The predicted octanol–water partition coefficient (Wildman–Crippen LogP) is 2.54. The molecule has 0 fully saturated rings. The third-order valence-electron chi connectivity index (χ3n) is 2.39. The molecule has 0 bridgehead atoms. The molecule has 0 aliphatic heterocycles. The summed E-state index contributed by atoms with van der Waals surface area (Å²) in [4.78, 5) is 19.8. The first kappa shape index (κ1) is 14.3. The molecule has 0 aliphatic carbocycles. The van der Waals surface area contributed by atoms with Crippen molar-refractivity contribution in [1.29, 1.82) is 0 Å². The first-order chi connectivity index (χ1) is 9.17. The van der Waals surface area contributed by atoms with Gasteiger partial charge in [0.15, 0.2) is 0 Å². The Balaban J connectivity index is 2.06. The van der Waals surface area contributed by atoms with Crippen molar-refractivity contribution >= 4 is 27.7 Å². The molecule has 0 saturated heterocycles. The van der Waals surface area contributed by atoms with Gasteiger partial charge in [0.2, 0.25) is 0 Å². The lowest BCUT2D eigenvalue weighted by Crippen LogP contribution is -2.16. The molecule has 1 heterocycles. The Morgan fingerprint density at radius 1 is 1.37 bits per heavy atom. The van der Waals surface area contributed by atoms with Gasteiger partial charge in [-0.3, -0.25) is 4.79 Å². The Hall–Kier alpha value is -1.11. The number of nitrogens with zero attached hydrogens (tertiary/aromatic N) is 1. The Kier molecular flexibility index (Phi) is 5.18. The van der Waals surface area contributed by atoms with Gasteiger partial charge < -0.3 is 10.3 Å². The third-order valence-corrected chi connectivity index (χ3v) is 3.94. The number of aromatic nitrogens is 2. The molecule has 0 radical (unpaired) electrons. The minimum Gasteiger partial charge on any atom is -0.314 e.